The fourth-order valence-electron chi connectivity index (χ4n) is 1.79. The van der Waals surface area contributed by atoms with Gasteiger partial charge in [-0.3, -0.25) is 0 Å². The smallest absolute Gasteiger partial charge is 0.242 e. The van der Waals surface area contributed by atoms with Crippen LogP contribution in [0.25, 0.3) is 0 Å². The molecule has 4 N–H and O–H groups in total. The lowest BCUT2D eigenvalue weighted by molar-refractivity contribution is 0.475. The maximum Gasteiger partial charge on any atom is 0.242 e. The van der Waals surface area contributed by atoms with Gasteiger partial charge in [0.05, 0.1) is 0 Å². The summed E-state index contributed by atoms with van der Waals surface area (Å²) in [5.41, 5.74) is 2.53. The number of nitrogens with two attached hydrogens (primary N) is 1. The minimum Gasteiger partial charge on any atom is -0.308 e. The predicted molar refractivity (Wildman–Crippen MR) is 69.2 cm³/mol. The maximum atomic E-state index is 12.0. The highest BCUT2D eigenvalue weighted by molar-refractivity contribution is 7.89. The number of nitrogens with one attached hydrogen (secondary N) is 2. The Hall–Kier alpha value is -1.18. The normalized spacial score (nSPS) is 17.4. The Labute approximate surface area is 107 Å². The van der Waals surface area contributed by atoms with Gasteiger partial charge in [-0.1, -0.05) is 6.92 Å². The minimum atomic E-state index is -3.47. The second-order valence-electron chi connectivity index (χ2n) is 4.70. The molecule has 0 radical (unpaired) electrons. The molecule has 0 spiro atoms. The number of hydrogen-bond acceptors (Lipinski definition) is 5. The van der Waals surface area contributed by atoms with Gasteiger partial charge >= 0.3 is 0 Å². The van der Waals surface area contributed by atoms with Crippen molar-refractivity contribution in [1.29, 1.82) is 0 Å². The Morgan fingerprint density at radius 2 is 2.17 bits per heavy atom. The van der Waals surface area contributed by atoms with Gasteiger partial charge in [-0.05, 0) is 36.8 Å². The standard InChI is InChI=1S/C11H18N4O2S/c1-2-11(5-6-11)8-14-18(16,17)9-3-4-10(15-12)13-7-9/h3-4,7,14H,2,5-6,8,12H2,1H3,(H,13,15). The van der Waals surface area contributed by atoms with Crippen molar-refractivity contribution < 1.29 is 8.42 Å². The summed E-state index contributed by atoms with van der Waals surface area (Å²) < 4.78 is 26.7. The number of hydrogen-bond donors (Lipinski definition) is 3. The molecule has 1 aliphatic rings. The molecule has 6 nitrogen and oxygen atoms in total. The van der Waals surface area contributed by atoms with E-state index in [0.717, 1.165) is 19.3 Å². The van der Waals surface area contributed by atoms with Crippen LogP contribution < -0.4 is 16.0 Å². The molecule has 18 heavy (non-hydrogen) atoms. The molecule has 0 amide bonds. The highest BCUT2D eigenvalue weighted by Gasteiger charge is 2.41. The van der Waals surface area contributed by atoms with Gasteiger partial charge in [0.2, 0.25) is 10.0 Å². The second-order valence-corrected chi connectivity index (χ2v) is 6.47. The van der Waals surface area contributed by atoms with Crippen LogP contribution in [0, 0.1) is 5.41 Å². The summed E-state index contributed by atoms with van der Waals surface area (Å²) in [7, 11) is -3.47. The Balaban J connectivity index is 2.05. The quantitative estimate of drug-likeness (QED) is 0.525. The van der Waals surface area contributed by atoms with Crippen molar-refractivity contribution in [2.75, 3.05) is 12.0 Å². The molecular formula is C11H18N4O2S. The lowest BCUT2D eigenvalue weighted by Gasteiger charge is -2.13. The average molecular weight is 270 g/mol. The van der Waals surface area contributed by atoms with Crippen molar-refractivity contribution in [3.8, 4) is 0 Å². The first-order valence-electron chi connectivity index (χ1n) is 5.94. The predicted octanol–water partition coefficient (Wildman–Crippen LogP) is 0.836. The monoisotopic (exact) mass is 270 g/mol. The van der Waals surface area contributed by atoms with Gasteiger partial charge in [-0.15, -0.1) is 0 Å². The van der Waals surface area contributed by atoms with Crippen molar-refractivity contribution in [2.24, 2.45) is 11.3 Å². The van der Waals surface area contributed by atoms with Gasteiger partial charge in [0, 0.05) is 12.7 Å². The highest BCUT2D eigenvalue weighted by Crippen LogP contribution is 2.48. The van der Waals surface area contributed by atoms with Crippen LogP contribution in [0.2, 0.25) is 0 Å². The summed E-state index contributed by atoms with van der Waals surface area (Å²) in [6, 6.07) is 3.01. The van der Waals surface area contributed by atoms with Gasteiger partial charge < -0.3 is 5.43 Å². The SMILES string of the molecule is CCC1(CNS(=O)(=O)c2ccc(NN)nc2)CC1. The molecule has 0 saturated heterocycles. The maximum absolute atomic E-state index is 12.0. The van der Waals surface area contributed by atoms with E-state index in [1.165, 1.54) is 18.3 Å². The van der Waals surface area contributed by atoms with E-state index in [0.29, 0.717) is 12.4 Å². The molecule has 1 aromatic rings. The molecule has 100 valence electrons. The number of aromatic nitrogens is 1. The van der Waals surface area contributed by atoms with Crippen molar-refractivity contribution in [2.45, 2.75) is 31.1 Å². The molecule has 1 aromatic heterocycles. The molecule has 0 unspecified atom stereocenters. The molecule has 0 atom stereocenters. The second kappa shape index (κ2) is 4.83. The number of nitrogens with zero attached hydrogens (tertiary/aromatic N) is 1. The van der Waals surface area contributed by atoms with Crippen LogP contribution in [-0.4, -0.2) is 19.9 Å². The molecule has 1 aliphatic carbocycles. The van der Waals surface area contributed by atoms with Crippen molar-refractivity contribution in [3.05, 3.63) is 18.3 Å². The summed E-state index contributed by atoms with van der Waals surface area (Å²) in [5.74, 6) is 5.61. The number of nitrogen functional groups attached to an aromatic ring is 1. The molecule has 1 heterocycles. The zero-order valence-corrected chi connectivity index (χ0v) is 11.1. The Morgan fingerprint density at radius 3 is 2.61 bits per heavy atom. The third-order valence-electron chi connectivity index (χ3n) is 3.54. The van der Waals surface area contributed by atoms with Crippen LogP contribution in [0.1, 0.15) is 26.2 Å². The van der Waals surface area contributed by atoms with Crippen molar-refractivity contribution in [3.63, 3.8) is 0 Å². The first-order valence-corrected chi connectivity index (χ1v) is 7.42. The summed E-state index contributed by atoms with van der Waals surface area (Å²) in [5, 5.41) is 0. The summed E-state index contributed by atoms with van der Waals surface area (Å²) in [6.45, 7) is 2.59. The van der Waals surface area contributed by atoms with E-state index in [1.807, 2.05) is 0 Å². The fraction of sp³-hybridized carbons (Fsp3) is 0.545. The molecule has 1 fully saturated rings. The number of anilines is 1. The van der Waals surface area contributed by atoms with Gasteiger partial charge in [0.15, 0.2) is 0 Å². The Morgan fingerprint density at radius 1 is 1.44 bits per heavy atom. The van der Waals surface area contributed by atoms with E-state index in [-0.39, 0.29) is 10.3 Å². The van der Waals surface area contributed by atoms with Gasteiger partial charge in [-0.2, -0.15) is 0 Å². The number of rotatable bonds is 6. The molecule has 0 aliphatic heterocycles. The number of hydrazine groups is 1. The zero-order valence-electron chi connectivity index (χ0n) is 10.3. The third-order valence-corrected chi connectivity index (χ3v) is 4.93. The summed E-state index contributed by atoms with van der Waals surface area (Å²) in [6.07, 6.45) is 4.49. The largest absolute Gasteiger partial charge is 0.308 e. The van der Waals surface area contributed by atoms with Crippen LogP contribution in [-0.2, 0) is 10.0 Å². The van der Waals surface area contributed by atoms with Crippen LogP contribution in [0.4, 0.5) is 5.82 Å². The molecule has 0 bridgehead atoms. The Bertz CT molecular complexity index is 508. The van der Waals surface area contributed by atoms with E-state index in [1.54, 1.807) is 0 Å². The third kappa shape index (κ3) is 2.80. The Kier molecular flexibility index (Phi) is 3.56. The van der Waals surface area contributed by atoms with Crippen LogP contribution in [0.5, 0.6) is 0 Å². The van der Waals surface area contributed by atoms with E-state index < -0.39 is 10.0 Å². The van der Waals surface area contributed by atoms with Crippen molar-refractivity contribution >= 4 is 15.8 Å². The van der Waals surface area contributed by atoms with Gasteiger partial charge in [-0.25, -0.2) is 24.0 Å². The molecule has 0 aromatic carbocycles. The fourth-order valence-corrected chi connectivity index (χ4v) is 2.89. The summed E-state index contributed by atoms with van der Waals surface area (Å²) >= 11 is 0. The van der Waals surface area contributed by atoms with E-state index in [2.05, 4.69) is 22.1 Å². The van der Waals surface area contributed by atoms with E-state index in [9.17, 15) is 8.42 Å². The first-order chi connectivity index (χ1) is 8.51. The van der Waals surface area contributed by atoms with Gasteiger partial charge in [0.25, 0.3) is 0 Å². The zero-order chi connectivity index (χ0) is 13.2. The van der Waals surface area contributed by atoms with Gasteiger partial charge in [0.1, 0.15) is 10.7 Å². The van der Waals surface area contributed by atoms with E-state index >= 15 is 0 Å². The topological polar surface area (TPSA) is 97.1 Å². The number of sulfonamides is 1. The van der Waals surface area contributed by atoms with Crippen molar-refractivity contribution in [1.82, 2.24) is 9.71 Å². The number of pyridine rings is 1. The molecule has 7 heteroatoms. The van der Waals surface area contributed by atoms with Crippen LogP contribution >= 0.6 is 0 Å². The lowest BCUT2D eigenvalue weighted by atomic mass is 10.1. The highest BCUT2D eigenvalue weighted by atomic mass is 32.2. The van der Waals surface area contributed by atoms with Crippen LogP contribution in [0.15, 0.2) is 23.2 Å². The first kappa shape index (κ1) is 13.3. The molecule has 2 rings (SSSR count). The summed E-state index contributed by atoms with van der Waals surface area (Å²) in [4.78, 5) is 4.05. The average Bonchev–Trinajstić information content (AvgIpc) is 3.17. The minimum absolute atomic E-state index is 0.161. The molecule has 1 saturated carbocycles. The van der Waals surface area contributed by atoms with Crippen LogP contribution in [0.3, 0.4) is 0 Å². The lowest BCUT2D eigenvalue weighted by Crippen LogP contribution is -2.30. The molecular weight excluding hydrogens is 252 g/mol. The van der Waals surface area contributed by atoms with E-state index in [4.69, 9.17) is 5.84 Å².